The number of nitrogens with one attached hydrogen (secondary N) is 1. The van der Waals surface area contributed by atoms with Crippen molar-refractivity contribution in [3.63, 3.8) is 0 Å². The molecule has 0 aliphatic rings. The molecule has 0 aromatic heterocycles. The molecule has 0 fully saturated rings. The number of anilines is 1. The Morgan fingerprint density at radius 3 is 2.47 bits per heavy atom. The number of rotatable bonds is 3. The Kier molecular flexibility index (Phi) is 3.13. The highest BCUT2D eigenvalue weighted by Gasteiger charge is 2.26. The van der Waals surface area contributed by atoms with Crippen LogP contribution in [0.25, 0.3) is 0 Å². The minimum Gasteiger partial charge on any atom is -0.377 e. The highest BCUT2D eigenvalue weighted by molar-refractivity contribution is 5.63. The van der Waals surface area contributed by atoms with Crippen molar-refractivity contribution in [2.75, 3.05) is 11.9 Å². The van der Waals surface area contributed by atoms with Gasteiger partial charge in [0, 0.05) is 12.6 Å². The maximum Gasteiger partial charge on any atom is 0.330 e. The summed E-state index contributed by atoms with van der Waals surface area (Å²) in [7, 11) is 0. The number of hydrogen-bond acceptors (Lipinski definition) is 3. The summed E-state index contributed by atoms with van der Waals surface area (Å²) in [5.74, 6) is -4.33. The molecule has 1 aromatic rings. The number of halogens is 3. The van der Waals surface area contributed by atoms with Gasteiger partial charge in [-0.15, -0.1) is 0 Å². The molecule has 1 N–H and O–H groups in total. The standard InChI is InChI=1S/C8H7F3N2O2/c1-2-12-7-6(11)4(9)3-5(10)8(7)13(14)15/h3,12H,2H2,1H3. The van der Waals surface area contributed by atoms with Gasteiger partial charge in [0.1, 0.15) is 0 Å². The molecule has 0 atom stereocenters. The van der Waals surface area contributed by atoms with Crippen LogP contribution in [0.15, 0.2) is 6.07 Å². The molecule has 0 unspecified atom stereocenters. The van der Waals surface area contributed by atoms with E-state index in [0.717, 1.165) is 0 Å². The molecule has 7 heteroatoms. The second-order valence-corrected chi connectivity index (χ2v) is 2.67. The van der Waals surface area contributed by atoms with E-state index in [0.29, 0.717) is 0 Å². The van der Waals surface area contributed by atoms with Gasteiger partial charge in [0.25, 0.3) is 0 Å². The van der Waals surface area contributed by atoms with Crippen molar-refractivity contribution in [2.24, 2.45) is 0 Å². The van der Waals surface area contributed by atoms with Gasteiger partial charge < -0.3 is 5.32 Å². The molecule has 15 heavy (non-hydrogen) atoms. The molecule has 0 saturated carbocycles. The Morgan fingerprint density at radius 1 is 1.40 bits per heavy atom. The number of hydrogen-bond donors (Lipinski definition) is 1. The Labute approximate surface area is 82.9 Å². The number of nitro benzene ring substituents is 1. The van der Waals surface area contributed by atoms with Crippen LogP contribution in [0.2, 0.25) is 0 Å². The van der Waals surface area contributed by atoms with Gasteiger partial charge >= 0.3 is 5.69 Å². The molecule has 0 aliphatic carbocycles. The first kappa shape index (κ1) is 11.3. The number of nitrogens with zero attached hydrogens (tertiary/aromatic N) is 1. The maximum atomic E-state index is 13.1. The van der Waals surface area contributed by atoms with Crippen molar-refractivity contribution in [1.82, 2.24) is 0 Å². The van der Waals surface area contributed by atoms with E-state index < -0.39 is 33.7 Å². The Bertz CT molecular complexity index is 409. The Hall–Kier alpha value is -1.79. The van der Waals surface area contributed by atoms with Crippen molar-refractivity contribution in [3.8, 4) is 0 Å². The summed E-state index contributed by atoms with van der Waals surface area (Å²) in [5.41, 5.74) is -1.85. The van der Waals surface area contributed by atoms with Gasteiger partial charge in [-0.2, -0.15) is 4.39 Å². The van der Waals surface area contributed by atoms with Gasteiger partial charge in [0.2, 0.25) is 5.82 Å². The van der Waals surface area contributed by atoms with Crippen LogP contribution >= 0.6 is 0 Å². The lowest BCUT2D eigenvalue weighted by molar-refractivity contribution is -0.386. The Balaban J connectivity index is 3.46. The molecular formula is C8H7F3N2O2. The molecule has 0 amide bonds. The lowest BCUT2D eigenvalue weighted by atomic mass is 10.2. The Morgan fingerprint density at radius 2 is 2.00 bits per heavy atom. The van der Waals surface area contributed by atoms with E-state index in [1.165, 1.54) is 6.92 Å². The normalized spacial score (nSPS) is 10.1. The molecule has 4 nitrogen and oxygen atoms in total. The van der Waals surface area contributed by atoms with E-state index in [2.05, 4.69) is 5.32 Å². The SMILES string of the molecule is CCNc1c(F)c(F)cc(F)c1[N+](=O)[O-]. The maximum absolute atomic E-state index is 13.1. The van der Waals surface area contributed by atoms with E-state index in [1.807, 2.05) is 0 Å². The predicted octanol–water partition coefficient (Wildman–Crippen LogP) is 2.44. The molecule has 1 rings (SSSR count). The molecule has 82 valence electrons. The van der Waals surface area contributed by atoms with Crippen LogP contribution < -0.4 is 5.32 Å². The number of benzene rings is 1. The highest BCUT2D eigenvalue weighted by atomic mass is 19.2. The third-order valence-electron chi connectivity index (χ3n) is 1.68. The first-order valence-electron chi connectivity index (χ1n) is 4.04. The van der Waals surface area contributed by atoms with E-state index in [4.69, 9.17) is 0 Å². The van der Waals surface area contributed by atoms with Crippen LogP contribution in [0.1, 0.15) is 6.92 Å². The molecule has 0 saturated heterocycles. The van der Waals surface area contributed by atoms with Crippen LogP contribution in [0.4, 0.5) is 24.5 Å². The van der Waals surface area contributed by atoms with Gasteiger partial charge in [-0.05, 0) is 6.92 Å². The third-order valence-corrected chi connectivity index (χ3v) is 1.68. The van der Waals surface area contributed by atoms with Crippen LogP contribution in [-0.2, 0) is 0 Å². The average Bonchev–Trinajstić information content (AvgIpc) is 2.13. The van der Waals surface area contributed by atoms with Crippen LogP contribution in [0.5, 0.6) is 0 Å². The van der Waals surface area contributed by atoms with Gasteiger partial charge in [-0.3, -0.25) is 10.1 Å². The molecule has 1 aromatic carbocycles. The summed E-state index contributed by atoms with van der Waals surface area (Å²) in [6.45, 7) is 1.63. The summed E-state index contributed by atoms with van der Waals surface area (Å²) in [6, 6.07) is 0.147. The zero-order valence-electron chi connectivity index (χ0n) is 7.68. The molecule has 0 heterocycles. The summed E-state index contributed by atoms with van der Waals surface area (Å²) >= 11 is 0. The van der Waals surface area contributed by atoms with Crippen LogP contribution in [0.3, 0.4) is 0 Å². The van der Waals surface area contributed by atoms with E-state index in [1.54, 1.807) is 0 Å². The van der Waals surface area contributed by atoms with E-state index in [9.17, 15) is 23.3 Å². The zero-order chi connectivity index (χ0) is 11.6. The second kappa shape index (κ2) is 4.16. The fourth-order valence-electron chi connectivity index (χ4n) is 1.10. The molecule has 0 spiro atoms. The van der Waals surface area contributed by atoms with E-state index >= 15 is 0 Å². The number of nitro groups is 1. The lowest BCUT2D eigenvalue weighted by Crippen LogP contribution is -2.07. The molecule has 0 radical (unpaired) electrons. The van der Waals surface area contributed by atoms with Crippen molar-refractivity contribution in [2.45, 2.75) is 6.92 Å². The molecular weight excluding hydrogens is 213 g/mol. The first-order valence-corrected chi connectivity index (χ1v) is 4.04. The minimum atomic E-state index is -1.46. The molecule has 0 aliphatic heterocycles. The monoisotopic (exact) mass is 220 g/mol. The van der Waals surface area contributed by atoms with Crippen molar-refractivity contribution >= 4 is 11.4 Å². The van der Waals surface area contributed by atoms with Crippen LogP contribution in [0, 0.1) is 27.6 Å². The highest BCUT2D eigenvalue weighted by Crippen LogP contribution is 2.31. The van der Waals surface area contributed by atoms with Crippen molar-refractivity contribution in [1.29, 1.82) is 0 Å². The topological polar surface area (TPSA) is 55.2 Å². The van der Waals surface area contributed by atoms with E-state index in [-0.39, 0.29) is 12.6 Å². The first-order chi connectivity index (χ1) is 6.99. The summed E-state index contributed by atoms with van der Waals surface area (Å²) < 4.78 is 38.8. The summed E-state index contributed by atoms with van der Waals surface area (Å²) in [6.07, 6.45) is 0. The largest absolute Gasteiger partial charge is 0.377 e. The van der Waals surface area contributed by atoms with Gasteiger partial charge in [0.05, 0.1) is 4.92 Å². The predicted molar refractivity (Wildman–Crippen MR) is 47.1 cm³/mol. The summed E-state index contributed by atoms with van der Waals surface area (Å²) in [5, 5.41) is 12.6. The van der Waals surface area contributed by atoms with Gasteiger partial charge in [0.15, 0.2) is 17.3 Å². The smallest absolute Gasteiger partial charge is 0.330 e. The van der Waals surface area contributed by atoms with Gasteiger partial charge in [-0.25, -0.2) is 8.78 Å². The van der Waals surface area contributed by atoms with Crippen molar-refractivity contribution < 1.29 is 18.1 Å². The molecule has 0 bridgehead atoms. The van der Waals surface area contributed by atoms with Gasteiger partial charge in [-0.1, -0.05) is 0 Å². The van der Waals surface area contributed by atoms with Crippen molar-refractivity contribution in [3.05, 3.63) is 33.6 Å². The fraction of sp³-hybridized carbons (Fsp3) is 0.250. The summed E-state index contributed by atoms with van der Waals surface area (Å²) in [4.78, 5) is 9.32. The lowest BCUT2D eigenvalue weighted by Gasteiger charge is -2.06. The minimum absolute atomic E-state index is 0.112. The average molecular weight is 220 g/mol. The zero-order valence-corrected chi connectivity index (χ0v) is 7.68. The fourth-order valence-corrected chi connectivity index (χ4v) is 1.10. The van der Waals surface area contributed by atoms with Crippen LogP contribution in [-0.4, -0.2) is 11.5 Å². The third kappa shape index (κ3) is 2.00. The quantitative estimate of drug-likeness (QED) is 0.483. The second-order valence-electron chi connectivity index (χ2n) is 2.67.